The third kappa shape index (κ3) is 3.90. The van der Waals surface area contributed by atoms with Crippen molar-refractivity contribution in [2.75, 3.05) is 39.3 Å². The van der Waals surface area contributed by atoms with Crippen molar-refractivity contribution in [1.82, 2.24) is 9.80 Å². The van der Waals surface area contributed by atoms with Gasteiger partial charge in [0.1, 0.15) is 0 Å². The van der Waals surface area contributed by atoms with Gasteiger partial charge in [0.15, 0.2) is 5.78 Å². The van der Waals surface area contributed by atoms with Crippen LogP contribution >= 0.6 is 0 Å². The van der Waals surface area contributed by atoms with Crippen molar-refractivity contribution < 1.29 is 4.79 Å². The van der Waals surface area contributed by atoms with Gasteiger partial charge in [0.25, 0.3) is 0 Å². The Bertz CT molecular complexity index is 431. The summed E-state index contributed by atoms with van der Waals surface area (Å²) in [5, 5.41) is 0. The van der Waals surface area contributed by atoms with E-state index in [1.54, 1.807) is 0 Å². The van der Waals surface area contributed by atoms with Gasteiger partial charge in [-0.25, -0.2) is 0 Å². The van der Waals surface area contributed by atoms with Crippen LogP contribution in [0.4, 0.5) is 0 Å². The first kappa shape index (κ1) is 15.2. The number of benzene rings is 1. The van der Waals surface area contributed by atoms with E-state index in [9.17, 15) is 4.79 Å². The average molecular weight is 274 g/mol. The van der Waals surface area contributed by atoms with Gasteiger partial charge in [-0.05, 0) is 18.0 Å². The van der Waals surface area contributed by atoms with Crippen LogP contribution in [0.25, 0.3) is 0 Å². The molecule has 0 spiro atoms. The highest BCUT2D eigenvalue weighted by atomic mass is 16.1. The smallest absolute Gasteiger partial charge is 0.176 e. The topological polar surface area (TPSA) is 23.6 Å². The fourth-order valence-corrected chi connectivity index (χ4v) is 2.61. The lowest BCUT2D eigenvalue weighted by atomic mass is 10.0. The number of hydrogen-bond acceptors (Lipinski definition) is 3. The fraction of sp³-hybridized carbons (Fsp3) is 0.588. The number of carbonyl (C=O) groups is 1. The van der Waals surface area contributed by atoms with Crippen LogP contribution in [0.15, 0.2) is 24.3 Å². The van der Waals surface area contributed by atoms with Crippen LogP contribution in [0, 0.1) is 0 Å². The van der Waals surface area contributed by atoms with Crippen LogP contribution < -0.4 is 0 Å². The number of carbonyl (C=O) groups excluding carboxylic acids is 1. The Kier molecular flexibility index (Phi) is 5.32. The van der Waals surface area contributed by atoms with Gasteiger partial charge in [-0.15, -0.1) is 0 Å². The summed E-state index contributed by atoms with van der Waals surface area (Å²) < 4.78 is 0. The van der Waals surface area contributed by atoms with E-state index in [0.717, 1.165) is 38.3 Å². The summed E-state index contributed by atoms with van der Waals surface area (Å²) in [6.07, 6.45) is 0. The third-order valence-corrected chi connectivity index (χ3v) is 4.18. The van der Waals surface area contributed by atoms with E-state index in [1.165, 1.54) is 5.56 Å². The molecule has 0 atom stereocenters. The molecule has 1 aromatic carbocycles. The summed E-state index contributed by atoms with van der Waals surface area (Å²) in [6, 6.07) is 8.10. The SMILES string of the molecule is CCN1CCN(CC(=O)c2ccc(C(C)C)cc2)CC1. The molecule has 0 aliphatic carbocycles. The van der Waals surface area contributed by atoms with Crippen molar-refractivity contribution >= 4 is 5.78 Å². The molecule has 20 heavy (non-hydrogen) atoms. The van der Waals surface area contributed by atoms with E-state index in [1.807, 2.05) is 12.1 Å². The van der Waals surface area contributed by atoms with Gasteiger partial charge >= 0.3 is 0 Å². The van der Waals surface area contributed by atoms with Crippen molar-refractivity contribution in [3.8, 4) is 0 Å². The van der Waals surface area contributed by atoms with Crippen LogP contribution in [0.1, 0.15) is 42.6 Å². The predicted octanol–water partition coefficient (Wildman–Crippen LogP) is 2.63. The molecule has 0 saturated carbocycles. The molecule has 1 aliphatic rings. The Hall–Kier alpha value is -1.19. The molecular formula is C17H26N2O. The lowest BCUT2D eigenvalue weighted by Gasteiger charge is -2.33. The van der Waals surface area contributed by atoms with Crippen LogP contribution in [-0.2, 0) is 0 Å². The molecule has 1 heterocycles. The number of rotatable bonds is 5. The zero-order valence-corrected chi connectivity index (χ0v) is 12.9. The first-order chi connectivity index (χ1) is 9.60. The molecule has 110 valence electrons. The molecule has 1 aliphatic heterocycles. The summed E-state index contributed by atoms with van der Waals surface area (Å²) in [4.78, 5) is 17.0. The Morgan fingerprint density at radius 1 is 1.05 bits per heavy atom. The Morgan fingerprint density at radius 2 is 1.60 bits per heavy atom. The molecule has 3 heteroatoms. The Morgan fingerprint density at radius 3 is 2.10 bits per heavy atom. The van der Waals surface area contributed by atoms with E-state index in [-0.39, 0.29) is 5.78 Å². The molecule has 1 saturated heterocycles. The molecule has 0 bridgehead atoms. The second kappa shape index (κ2) is 7.00. The monoisotopic (exact) mass is 274 g/mol. The fourth-order valence-electron chi connectivity index (χ4n) is 2.61. The standard InChI is InChI=1S/C17H26N2O/c1-4-18-9-11-19(12-10-18)13-17(20)16-7-5-15(6-8-16)14(2)3/h5-8,14H,4,9-13H2,1-3H3. The summed E-state index contributed by atoms with van der Waals surface area (Å²) in [7, 11) is 0. The molecule has 0 amide bonds. The predicted molar refractivity (Wildman–Crippen MR) is 83.4 cm³/mol. The van der Waals surface area contributed by atoms with Crippen molar-refractivity contribution in [2.24, 2.45) is 0 Å². The molecule has 1 aromatic rings. The lowest BCUT2D eigenvalue weighted by Crippen LogP contribution is -2.47. The van der Waals surface area contributed by atoms with E-state index in [2.05, 4.69) is 42.7 Å². The van der Waals surface area contributed by atoms with Gasteiger partial charge in [0.2, 0.25) is 0 Å². The zero-order chi connectivity index (χ0) is 14.5. The number of hydrogen-bond donors (Lipinski definition) is 0. The maximum absolute atomic E-state index is 12.3. The maximum Gasteiger partial charge on any atom is 0.176 e. The van der Waals surface area contributed by atoms with Gasteiger partial charge in [-0.3, -0.25) is 9.69 Å². The number of ketones is 1. The van der Waals surface area contributed by atoms with Crippen LogP contribution in [0.5, 0.6) is 0 Å². The van der Waals surface area contributed by atoms with Crippen molar-refractivity contribution in [3.05, 3.63) is 35.4 Å². The van der Waals surface area contributed by atoms with Gasteiger partial charge < -0.3 is 4.90 Å². The minimum absolute atomic E-state index is 0.241. The minimum atomic E-state index is 0.241. The van der Waals surface area contributed by atoms with E-state index < -0.39 is 0 Å². The molecule has 3 nitrogen and oxygen atoms in total. The lowest BCUT2D eigenvalue weighted by molar-refractivity contribution is 0.0859. The molecule has 0 aromatic heterocycles. The summed E-state index contributed by atoms with van der Waals surface area (Å²) in [5.41, 5.74) is 2.13. The highest BCUT2D eigenvalue weighted by Crippen LogP contribution is 2.15. The van der Waals surface area contributed by atoms with Gasteiger partial charge in [-0.1, -0.05) is 45.0 Å². The highest BCUT2D eigenvalue weighted by molar-refractivity contribution is 5.97. The quantitative estimate of drug-likeness (QED) is 0.771. The Balaban J connectivity index is 1.88. The largest absolute Gasteiger partial charge is 0.301 e. The van der Waals surface area contributed by atoms with Crippen LogP contribution in [0.2, 0.25) is 0 Å². The minimum Gasteiger partial charge on any atom is -0.301 e. The maximum atomic E-state index is 12.3. The van der Waals surface area contributed by atoms with Gasteiger partial charge in [0, 0.05) is 31.7 Å². The van der Waals surface area contributed by atoms with Crippen molar-refractivity contribution in [2.45, 2.75) is 26.7 Å². The normalized spacial score (nSPS) is 17.6. The van der Waals surface area contributed by atoms with Gasteiger partial charge in [0.05, 0.1) is 6.54 Å². The zero-order valence-electron chi connectivity index (χ0n) is 12.9. The first-order valence-electron chi connectivity index (χ1n) is 7.68. The number of nitrogens with zero attached hydrogens (tertiary/aromatic N) is 2. The van der Waals surface area contributed by atoms with E-state index >= 15 is 0 Å². The molecule has 0 N–H and O–H groups in total. The summed E-state index contributed by atoms with van der Waals surface area (Å²) in [6.45, 7) is 12.4. The molecule has 0 unspecified atom stereocenters. The highest BCUT2D eigenvalue weighted by Gasteiger charge is 2.18. The average Bonchev–Trinajstić information content (AvgIpc) is 2.48. The second-order valence-electron chi connectivity index (χ2n) is 5.91. The molecule has 0 radical (unpaired) electrons. The first-order valence-corrected chi connectivity index (χ1v) is 7.68. The van der Waals surface area contributed by atoms with Crippen molar-refractivity contribution in [3.63, 3.8) is 0 Å². The molecule has 2 rings (SSSR count). The van der Waals surface area contributed by atoms with E-state index in [0.29, 0.717) is 12.5 Å². The van der Waals surface area contributed by atoms with Gasteiger partial charge in [-0.2, -0.15) is 0 Å². The number of piperazine rings is 1. The van der Waals surface area contributed by atoms with Crippen LogP contribution in [-0.4, -0.2) is 54.9 Å². The summed E-state index contributed by atoms with van der Waals surface area (Å²) in [5.74, 6) is 0.756. The number of Topliss-reactive ketones (excluding diaryl/α,β-unsaturated/α-hetero) is 1. The molecular weight excluding hydrogens is 248 g/mol. The Labute approximate surface area is 122 Å². The summed E-state index contributed by atoms with van der Waals surface area (Å²) >= 11 is 0. The second-order valence-corrected chi connectivity index (χ2v) is 5.91. The van der Waals surface area contributed by atoms with Crippen molar-refractivity contribution in [1.29, 1.82) is 0 Å². The molecule has 1 fully saturated rings. The van der Waals surface area contributed by atoms with E-state index in [4.69, 9.17) is 0 Å². The third-order valence-electron chi connectivity index (χ3n) is 4.18. The number of likely N-dealkylation sites (N-methyl/N-ethyl adjacent to an activating group) is 1. The van der Waals surface area contributed by atoms with Crippen LogP contribution in [0.3, 0.4) is 0 Å².